The van der Waals surface area contributed by atoms with Crippen molar-refractivity contribution in [1.82, 2.24) is 38.3 Å². The average molecular weight is 1210 g/mol. The Morgan fingerprint density at radius 2 is 0.688 bits per heavy atom. The quantitative estimate of drug-likeness (QED) is 0.179. The first-order valence-corrected chi connectivity index (χ1v) is 31.8. The second-order valence-electron chi connectivity index (χ2n) is 24.2. The number of benzene rings is 14. The molecule has 0 aliphatic heterocycles. The molecule has 22 rings (SSSR count). The second-order valence-corrected chi connectivity index (χ2v) is 24.6. The van der Waals surface area contributed by atoms with Crippen LogP contribution in [0.3, 0.4) is 0 Å². The summed E-state index contributed by atoms with van der Waals surface area (Å²) in [5, 5.41) is 22.5. The largest absolute Gasteiger partial charge is 0.354 e. The summed E-state index contributed by atoms with van der Waals surface area (Å²) in [5.41, 5.74) is 18.0. The number of halogens is 1. The molecule has 9 heteroatoms. The van der Waals surface area contributed by atoms with Gasteiger partial charge in [0.15, 0.2) is 0 Å². The van der Waals surface area contributed by atoms with Crippen LogP contribution in [0.1, 0.15) is 0 Å². The maximum absolute atomic E-state index is 6.07. The molecule has 22 aromatic rings. The predicted molar refractivity (Wildman–Crippen MR) is 389 cm³/mol. The summed E-state index contributed by atoms with van der Waals surface area (Å²) in [6.45, 7) is 0. The Morgan fingerprint density at radius 3 is 1.28 bits per heavy atom. The van der Waals surface area contributed by atoms with E-state index < -0.39 is 0 Å². The predicted octanol–water partition coefficient (Wildman–Crippen LogP) is 22.3. The zero-order valence-electron chi connectivity index (χ0n) is 49.7. The molecule has 8 nitrogen and oxygen atoms in total. The molecule has 0 radical (unpaired) electrons. The van der Waals surface area contributed by atoms with Gasteiger partial charge in [0.2, 0.25) is 11.2 Å². The third-order valence-electron chi connectivity index (χ3n) is 19.3. The van der Waals surface area contributed by atoms with Crippen LogP contribution in [-0.4, -0.2) is 38.3 Å². The highest BCUT2D eigenvalue weighted by molar-refractivity contribution is 6.35. The molecule has 8 aromatic heterocycles. The molecule has 8 heterocycles. The fourth-order valence-electron chi connectivity index (χ4n) is 15.3. The standard InChI is InChI=1S/C42H24N4.C24H14N2.C18H11ClN2/c1-2-12-26-23-27(22-21-25(26)11-1)39-30-15-3-7-17-34(30)43-42(44-39)46-36-19-9-5-14-29(36)33-24-32-28-13-4-8-18-35(28)45-37-20-10-6-16-31(37)38(40(32)45)41(33)46;1-4-10-19-14(7-1)17-13-18-15-8-2-5-11-20(15)26-21-12-6-3-9-16(21)22(24(18)26)23(17)25-19;19-18-20-16-8-4-3-7-15(16)17(21-18)14-10-9-12-5-1-2-6-13(12)11-14/h1-24H;1-13,25H;1-11H. The Balaban J connectivity index is 0.000000107. The maximum Gasteiger partial charge on any atom is 0.235 e. The molecule has 0 unspecified atom stereocenters. The number of aromatic amines is 1. The van der Waals surface area contributed by atoms with E-state index in [0.29, 0.717) is 5.95 Å². The van der Waals surface area contributed by atoms with E-state index >= 15 is 0 Å². The van der Waals surface area contributed by atoms with Crippen molar-refractivity contribution in [1.29, 1.82) is 0 Å². The van der Waals surface area contributed by atoms with Crippen molar-refractivity contribution in [3.8, 4) is 28.5 Å². The molecule has 0 saturated carbocycles. The van der Waals surface area contributed by atoms with Crippen LogP contribution in [0.4, 0.5) is 0 Å². The van der Waals surface area contributed by atoms with Crippen LogP contribution in [0.5, 0.6) is 0 Å². The van der Waals surface area contributed by atoms with Gasteiger partial charge >= 0.3 is 0 Å². The van der Waals surface area contributed by atoms with Gasteiger partial charge in [0.1, 0.15) is 0 Å². The summed E-state index contributed by atoms with van der Waals surface area (Å²) in [7, 11) is 0. The molecule has 0 spiro atoms. The smallest absolute Gasteiger partial charge is 0.235 e. The van der Waals surface area contributed by atoms with E-state index in [1.807, 2.05) is 36.4 Å². The Labute approximate surface area is 534 Å². The number of para-hydroxylation sites is 8. The molecule has 93 heavy (non-hydrogen) atoms. The minimum atomic E-state index is 0.275. The summed E-state index contributed by atoms with van der Waals surface area (Å²) >= 11 is 6.07. The van der Waals surface area contributed by atoms with E-state index in [-0.39, 0.29) is 5.28 Å². The third-order valence-corrected chi connectivity index (χ3v) is 19.4. The van der Waals surface area contributed by atoms with Gasteiger partial charge in [-0.15, -0.1) is 0 Å². The van der Waals surface area contributed by atoms with E-state index in [1.165, 1.54) is 130 Å². The first kappa shape index (κ1) is 51.6. The zero-order chi connectivity index (χ0) is 61.0. The van der Waals surface area contributed by atoms with Gasteiger partial charge in [-0.05, 0) is 106 Å². The minimum absolute atomic E-state index is 0.275. The van der Waals surface area contributed by atoms with Gasteiger partial charge in [0.25, 0.3) is 0 Å². The molecule has 0 bridgehead atoms. The Kier molecular flexibility index (Phi) is 11.0. The van der Waals surface area contributed by atoms with Crippen LogP contribution in [0.15, 0.2) is 291 Å². The fourth-order valence-corrected chi connectivity index (χ4v) is 15.5. The highest BCUT2D eigenvalue weighted by atomic mass is 35.5. The van der Waals surface area contributed by atoms with Crippen molar-refractivity contribution in [2.24, 2.45) is 0 Å². The number of aromatic nitrogens is 8. The molecule has 432 valence electrons. The molecule has 14 aromatic carbocycles. The van der Waals surface area contributed by atoms with Crippen molar-refractivity contribution in [3.63, 3.8) is 0 Å². The normalized spacial score (nSPS) is 12.1. The van der Waals surface area contributed by atoms with Crippen molar-refractivity contribution in [2.75, 3.05) is 0 Å². The lowest BCUT2D eigenvalue weighted by Crippen LogP contribution is -2.03. The monoisotopic (exact) mass is 1200 g/mol. The van der Waals surface area contributed by atoms with Gasteiger partial charge in [0, 0.05) is 92.1 Å². The van der Waals surface area contributed by atoms with Crippen molar-refractivity contribution in [2.45, 2.75) is 0 Å². The first-order chi connectivity index (χ1) is 46.1. The molecule has 1 N–H and O–H groups in total. The number of fused-ring (bicyclic) bond motifs is 24. The second kappa shape index (κ2) is 19.9. The Morgan fingerprint density at radius 1 is 0.280 bits per heavy atom. The molecule has 0 aliphatic rings. The van der Waals surface area contributed by atoms with Gasteiger partial charge < -0.3 is 13.8 Å². The Bertz CT molecular complexity index is 6850. The van der Waals surface area contributed by atoms with E-state index in [1.54, 1.807) is 0 Å². The number of rotatable bonds is 3. The van der Waals surface area contributed by atoms with Gasteiger partial charge in [0.05, 0.1) is 72.1 Å². The van der Waals surface area contributed by atoms with Crippen molar-refractivity contribution < 1.29 is 0 Å². The summed E-state index contributed by atoms with van der Waals surface area (Å²) in [4.78, 5) is 23.1. The summed E-state index contributed by atoms with van der Waals surface area (Å²) in [6.07, 6.45) is 0. The summed E-state index contributed by atoms with van der Waals surface area (Å²) < 4.78 is 7.18. The molecule has 0 amide bonds. The van der Waals surface area contributed by atoms with Crippen LogP contribution in [0.2, 0.25) is 5.28 Å². The van der Waals surface area contributed by atoms with E-state index in [2.05, 4.69) is 283 Å². The van der Waals surface area contributed by atoms with E-state index in [0.717, 1.165) is 55.4 Å². The van der Waals surface area contributed by atoms with Gasteiger partial charge in [-0.25, -0.2) is 19.9 Å². The van der Waals surface area contributed by atoms with Gasteiger partial charge in [-0.2, -0.15) is 0 Å². The molecule has 0 fully saturated rings. The van der Waals surface area contributed by atoms with Gasteiger partial charge in [-0.1, -0.05) is 218 Å². The molecular weight excluding hydrogens is 1160 g/mol. The van der Waals surface area contributed by atoms with Gasteiger partial charge in [-0.3, -0.25) is 4.57 Å². The highest BCUT2D eigenvalue weighted by Crippen LogP contribution is 2.48. The molecular formula is C84H49ClN8. The SMILES string of the molecule is Clc1nc(-c2ccc3ccccc3c2)c2ccccc2n1.c1ccc2c(c1)[nH]c1c2cc2c3ccccc3n3c4ccccc4c1c23.c1ccc2cc(-c3nc(-n4c5ccccc5c5cc6c7ccccc7n7c8ccccc8c(c54)c67)nc4ccccc34)ccc2c1. The maximum atomic E-state index is 6.07. The lowest BCUT2D eigenvalue weighted by atomic mass is 10.0. The van der Waals surface area contributed by atoms with Crippen LogP contribution in [0, 0.1) is 0 Å². The number of nitrogens with one attached hydrogen (secondary N) is 1. The van der Waals surface area contributed by atoms with Crippen LogP contribution >= 0.6 is 11.6 Å². The summed E-state index contributed by atoms with van der Waals surface area (Å²) in [6, 6.07) is 103. The molecule has 0 aliphatic carbocycles. The molecule has 0 atom stereocenters. The zero-order valence-corrected chi connectivity index (χ0v) is 50.5. The third kappa shape index (κ3) is 7.61. The lowest BCUT2D eigenvalue weighted by Gasteiger charge is -2.13. The number of nitrogens with zero attached hydrogens (tertiary/aromatic N) is 7. The fraction of sp³-hybridized carbons (Fsp3) is 0. The van der Waals surface area contributed by atoms with E-state index in [9.17, 15) is 0 Å². The molecule has 0 saturated heterocycles. The Hall–Kier alpha value is -12.2. The minimum Gasteiger partial charge on any atom is -0.354 e. The summed E-state index contributed by atoms with van der Waals surface area (Å²) in [5.74, 6) is 0.677. The highest BCUT2D eigenvalue weighted by Gasteiger charge is 2.27. The lowest BCUT2D eigenvalue weighted by molar-refractivity contribution is 1.02. The first-order valence-electron chi connectivity index (χ1n) is 31.4. The number of H-pyrrole nitrogens is 1. The topological polar surface area (TPSA) is 81.1 Å². The van der Waals surface area contributed by atoms with Crippen LogP contribution in [0.25, 0.3) is 192 Å². The number of hydrogen-bond donors (Lipinski definition) is 1. The van der Waals surface area contributed by atoms with Crippen LogP contribution < -0.4 is 0 Å². The van der Waals surface area contributed by atoms with Crippen molar-refractivity contribution in [3.05, 3.63) is 296 Å². The van der Waals surface area contributed by atoms with E-state index in [4.69, 9.17) is 21.6 Å². The van der Waals surface area contributed by atoms with Crippen molar-refractivity contribution >= 4 is 175 Å². The van der Waals surface area contributed by atoms with Crippen LogP contribution in [-0.2, 0) is 0 Å². The average Bonchev–Trinajstić information content (AvgIpc) is 1.53. The number of hydrogen-bond acceptors (Lipinski definition) is 4.